The fraction of sp³-hybridized carbons (Fsp3) is 0.200. The zero-order valence-electron chi connectivity index (χ0n) is 11.8. The quantitative estimate of drug-likeness (QED) is 0.744. The molecule has 0 spiro atoms. The summed E-state index contributed by atoms with van der Waals surface area (Å²) in [5, 5.41) is 13.0. The average Bonchev–Trinajstić information content (AvgIpc) is 2.92. The number of carbonyl (C=O) groups excluding carboxylic acids is 1. The summed E-state index contributed by atoms with van der Waals surface area (Å²) in [5.74, 6) is -0.444. The van der Waals surface area contributed by atoms with E-state index >= 15 is 0 Å². The van der Waals surface area contributed by atoms with E-state index in [1.54, 1.807) is 24.3 Å². The van der Waals surface area contributed by atoms with E-state index in [0.717, 1.165) is 10.0 Å². The number of para-hydroxylation sites is 1. The normalized spacial score (nSPS) is 10.8. The third kappa shape index (κ3) is 3.04. The smallest absolute Gasteiger partial charge is 0.349 e. The molecule has 0 atom stereocenters. The van der Waals surface area contributed by atoms with E-state index in [0.29, 0.717) is 23.9 Å². The standard InChI is InChI=1S/C15H13N3O3S/c1-9-17-18-13(22-9)6-7-16-14(19)11-8-10-4-2-3-5-12(10)21-15(11)20/h2-5,8H,6-7H2,1H3,(H,16,19). The number of fused-ring (bicyclic) bond motifs is 1. The largest absolute Gasteiger partial charge is 0.422 e. The van der Waals surface area contributed by atoms with Gasteiger partial charge < -0.3 is 9.73 Å². The molecule has 3 aromatic rings. The summed E-state index contributed by atoms with van der Waals surface area (Å²) in [5.41, 5.74) is -0.163. The number of hydrogen-bond donors (Lipinski definition) is 1. The van der Waals surface area contributed by atoms with Gasteiger partial charge in [-0.3, -0.25) is 4.79 Å². The lowest BCUT2D eigenvalue weighted by Crippen LogP contribution is -2.29. The number of carbonyl (C=O) groups is 1. The minimum atomic E-state index is -0.636. The van der Waals surface area contributed by atoms with Gasteiger partial charge in [-0.2, -0.15) is 0 Å². The van der Waals surface area contributed by atoms with Crippen LogP contribution in [0.25, 0.3) is 11.0 Å². The van der Waals surface area contributed by atoms with E-state index in [1.165, 1.54) is 11.3 Å². The molecule has 3 rings (SSSR count). The van der Waals surface area contributed by atoms with Gasteiger partial charge in [-0.25, -0.2) is 4.79 Å². The Morgan fingerprint density at radius 2 is 2.14 bits per heavy atom. The Hall–Kier alpha value is -2.54. The molecular weight excluding hydrogens is 302 g/mol. The first-order chi connectivity index (χ1) is 10.6. The molecule has 2 aromatic heterocycles. The monoisotopic (exact) mass is 315 g/mol. The first kappa shape index (κ1) is 14.4. The molecule has 0 aliphatic rings. The van der Waals surface area contributed by atoms with Gasteiger partial charge in [-0.15, -0.1) is 21.5 Å². The summed E-state index contributed by atoms with van der Waals surface area (Å²) < 4.78 is 5.15. The Kier molecular flexibility index (Phi) is 3.97. The molecule has 22 heavy (non-hydrogen) atoms. The second-order valence-electron chi connectivity index (χ2n) is 4.71. The van der Waals surface area contributed by atoms with Crippen LogP contribution in [-0.4, -0.2) is 22.6 Å². The van der Waals surface area contributed by atoms with Crippen LogP contribution >= 0.6 is 11.3 Å². The van der Waals surface area contributed by atoms with E-state index in [9.17, 15) is 9.59 Å². The van der Waals surface area contributed by atoms with Crippen LogP contribution in [-0.2, 0) is 6.42 Å². The molecule has 0 aliphatic heterocycles. The second kappa shape index (κ2) is 6.07. The molecule has 7 heteroatoms. The van der Waals surface area contributed by atoms with Gasteiger partial charge in [0.25, 0.3) is 5.91 Å². The fourth-order valence-electron chi connectivity index (χ4n) is 2.04. The molecule has 1 aromatic carbocycles. The molecule has 0 bridgehead atoms. The molecule has 0 aliphatic carbocycles. The lowest BCUT2D eigenvalue weighted by atomic mass is 10.2. The van der Waals surface area contributed by atoms with E-state index in [1.807, 2.05) is 13.0 Å². The average molecular weight is 315 g/mol. The highest BCUT2D eigenvalue weighted by Crippen LogP contribution is 2.12. The zero-order valence-corrected chi connectivity index (χ0v) is 12.6. The molecule has 0 unspecified atom stereocenters. The Bertz CT molecular complexity index is 885. The van der Waals surface area contributed by atoms with Crippen LogP contribution in [0.2, 0.25) is 0 Å². The van der Waals surface area contributed by atoms with Crippen LogP contribution < -0.4 is 10.9 Å². The minimum Gasteiger partial charge on any atom is -0.422 e. The van der Waals surface area contributed by atoms with E-state index in [2.05, 4.69) is 15.5 Å². The van der Waals surface area contributed by atoms with Gasteiger partial charge in [0.15, 0.2) is 0 Å². The van der Waals surface area contributed by atoms with Crippen LogP contribution in [0.15, 0.2) is 39.5 Å². The van der Waals surface area contributed by atoms with Crippen molar-refractivity contribution in [2.75, 3.05) is 6.54 Å². The van der Waals surface area contributed by atoms with E-state index < -0.39 is 11.5 Å². The highest BCUT2D eigenvalue weighted by atomic mass is 32.1. The predicted molar refractivity (Wildman–Crippen MR) is 83.2 cm³/mol. The minimum absolute atomic E-state index is 0.00662. The SMILES string of the molecule is Cc1nnc(CCNC(=O)c2cc3ccccc3oc2=O)s1. The van der Waals surface area contributed by atoms with Crippen LogP contribution in [0.4, 0.5) is 0 Å². The third-order valence-electron chi connectivity index (χ3n) is 3.08. The molecule has 0 saturated heterocycles. The van der Waals surface area contributed by atoms with Crippen molar-refractivity contribution in [2.45, 2.75) is 13.3 Å². The third-order valence-corrected chi connectivity index (χ3v) is 3.98. The Labute approximate surface area is 129 Å². The Balaban J connectivity index is 1.72. The van der Waals surface area contributed by atoms with E-state index in [4.69, 9.17) is 4.42 Å². The lowest BCUT2D eigenvalue weighted by molar-refractivity contribution is 0.0950. The summed E-state index contributed by atoms with van der Waals surface area (Å²) in [6.45, 7) is 2.26. The van der Waals surface area contributed by atoms with Gasteiger partial charge in [0.05, 0.1) is 0 Å². The summed E-state index contributed by atoms with van der Waals surface area (Å²) in [4.78, 5) is 24.0. The van der Waals surface area contributed by atoms with Crippen molar-refractivity contribution >= 4 is 28.2 Å². The first-order valence-corrected chi connectivity index (χ1v) is 7.55. The summed E-state index contributed by atoms with van der Waals surface area (Å²) in [6, 6.07) is 8.62. The second-order valence-corrected chi connectivity index (χ2v) is 5.97. The van der Waals surface area contributed by atoms with Crippen molar-refractivity contribution in [1.29, 1.82) is 0 Å². The molecule has 6 nitrogen and oxygen atoms in total. The number of nitrogens with zero attached hydrogens (tertiary/aromatic N) is 2. The number of aromatic nitrogens is 2. The van der Waals surface area contributed by atoms with Crippen LogP contribution in [0.5, 0.6) is 0 Å². The zero-order chi connectivity index (χ0) is 15.5. The first-order valence-electron chi connectivity index (χ1n) is 6.73. The van der Waals surface area contributed by atoms with Gasteiger partial charge >= 0.3 is 5.63 Å². The van der Waals surface area contributed by atoms with Crippen molar-refractivity contribution in [1.82, 2.24) is 15.5 Å². The van der Waals surface area contributed by atoms with Gasteiger partial charge in [-0.05, 0) is 19.1 Å². The summed E-state index contributed by atoms with van der Waals surface area (Å²) in [6.07, 6.45) is 0.580. The van der Waals surface area contributed by atoms with Crippen LogP contribution in [0, 0.1) is 6.92 Å². The topological polar surface area (TPSA) is 85.1 Å². The van der Waals surface area contributed by atoms with E-state index in [-0.39, 0.29) is 5.56 Å². The molecular formula is C15H13N3O3S. The number of benzene rings is 1. The molecule has 0 saturated carbocycles. The highest BCUT2D eigenvalue weighted by Gasteiger charge is 2.13. The number of hydrogen-bond acceptors (Lipinski definition) is 6. The van der Waals surface area contributed by atoms with Crippen LogP contribution in [0.3, 0.4) is 0 Å². The fourth-order valence-corrected chi connectivity index (χ4v) is 2.75. The Morgan fingerprint density at radius 1 is 1.32 bits per heavy atom. The maximum absolute atomic E-state index is 12.1. The number of nitrogens with one attached hydrogen (secondary N) is 1. The molecule has 0 fully saturated rings. The molecule has 112 valence electrons. The van der Waals surface area contributed by atoms with Crippen molar-refractivity contribution in [3.63, 3.8) is 0 Å². The van der Waals surface area contributed by atoms with Gasteiger partial charge in [0, 0.05) is 18.4 Å². The van der Waals surface area contributed by atoms with Gasteiger partial charge in [-0.1, -0.05) is 18.2 Å². The van der Waals surface area contributed by atoms with Crippen LogP contribution in [0.1, 0.15) is 20.4 Å². The lowest BCUT2D eigenvalue weighted by Gasteiger charge is -2.04. The van der Waals surface area contributed by atoms with Crippen molar-refractivity contribution < 1.29 is 9.21 Å². The maximum Gasteiger partial charge on any atom is 0.349 e. The number of aryl methyl sites for hydroxylation is 1. The number of rotatable bonds is 4. The molecule has 1 amide bonds. The predicted octanol–water partition coefficient (Wildman–Crippen LogP) is 1.93. The van der Waals surface area contributed by atoms with Gasteiger partial charge in [0.2, 0.25) is 0 Å². The molecule has 1 N–H and O–H groups in total. The maximum atomic E-state index is 12.1. The molecule has 0 radical (unpaired) electrons. The summed E-state index contributed by atoms with van der Waals surface area (Å²) >= 11 is 1.49. The van der Waals surface area contributed by atoms with Crippen molar-refractivity contribution in [3.05, 3.63) is 56.3 Å². The molecule has 2 heterocycles. The van der Waals surface area contributed by atoms with Crippen molar-refractivity contribution in [3.8, 4) is 0 Å². The Morgan fingerprint density at radius 3 is 2.91 bits per heavy atom. The van der Waals surface area contributed by atoms with Crippen molar-refractivity contribution in [2.24, 2.45) is 0 Å². The number of amides is 1. The summed E-state index contributed by atoms with van der Waals surface area (Å²) in [7, 11) is 0. The van der Waals surface area contributed by atoms with Gasteiger partial charge in [0.1, 0.15) is 21.2 Å². The highest BCUT2D eigenvalue weighted by molar-refractivity contribution is 7.11.